The van der Waals surface area contributed by atoms with Crippen molar-refractivity contribution in [1.82, 2.24) is 5.43 Å². The summed E-state index contributed by atoms with van der Waals surface area (Å²) in [6.07, 6.45) is 3.23. The highest BCUT2D eigenvalue weighted by Crippen LogP contribution is 2.34. The average molecular weight is 296 g/mol. The fourth-order valence-electron chi connectivity index (χ4n) is 1.88. The second kappa shape index (κ2) is 8.01. The van der Waals surface area contributed by atoms with Gasteiger partial charge in [0.1, 0.15) is 0 Å². The zero-order chi connectivity index (χ0) is 14.2. The highest BCUT2D eigenvalue weighted by Gasteiger charge is 2.10. The van der Waals surface area contributed by atoms with E-state index in [9.17, 15) is 4.79 Å². The molecule has 1 aliphatic heterocycles. The Balaban J connectivity index is 1.76. The highest BCUT2D eigenvalue weighted by atomic mass is 32.2. The standard InChI is InChI=1S/C14H20N2O3S/c15-16-14(17)4-1-2-9-20-11-5-6-12-13(10-11)19-8-3-7-18-12/h5-6,10H,1-4,7-9,15H2,(H,16,17). The summed E-state index contributed by atoms with van der Waals surface area (Å²) in [5.41, 5.74) is 2.14. The van der Waals surface area contributed by atoms with Gasteiger partial charge >= 0.3 is 0 Å². The fourth-order valence-corrected chi connectivity index (χ4v) is 2.82. The summed E-state index contributed by atoms with van der Waals surface area (Å²) in [7, 11) is 0. The van der Waals surface area contributed by atoms with Crippen LogP contribution in [-0.4, -0.2) is 24.9 Å². The van der Waals surface area contributed by atoms with E-state index >= 15 is 0 Å². The molecular formula is C14H20N2O3S. The number of carbonyl (C=O) groups is 1. The van der Waals surface area contributed by atoms with Crippen LogP contribution in [0.5, 0.6) is 11.5 Å². The van der Waals surface area contributed by atoms with Crippen molar-refractivity contribution in [3.8, 4) is 11.5 Å². The Hall–Kier alpha value is -1.40. The summed E-state index contributed by atoms with van der Waals surface area (Å²) in [4.78, 5) is 12.1. The van der Waals surface area contributed by atoms with Crippen molar-refractivity contribution in [2.75, 3.05) is 19.0 Å². The van der Waals surface area contributed by atoms with E-state index in [4.69, 9.17) is 15.3 Å². The first-order valence-electron chi connectivity index (χ1n) is 6.81. The molecule has 1 heterocycles. The molecule has 1 amide bonds. The molecule has 0 atom stereocenters. The molecule has 110 valence electrons. The summed E-state index contributed by atoms with van der Waals surface area (Å²) in [6.45, 7) is 1.41. The normalized spacial score (nSPS) is 13.7. The van der Waals surface area contributed by atoms with Crippen molar-refractivity contribution in [3.63, 3.8) is 0 Å². The topological polar surface area (TPSA) is 73.6 Å². The number of hydrazine groups is 1. The first kappa shape index (κ1) is 15.0. The number of thioether (sulfide) groups is 1. The van der Waals surface area contributed by atoms with Crippen LogP contribution in [0, 0.1) is 0 Å². The summed E-state index contributed by atoms with van der Waals surface area (Å²) in [5.74, 6) is 7.54. The molecule has 0 aliphatic carbocycles. The molecule has 0 aromatic heterocycles. The van der Waals surface area contributed by atoms with Gasteiger partial charge in [-0.2, -0.15) is 0 Å². The molecule has 2 rings (SSSR count). The highest BCUT2D eigenvalue weighted by molar-refractivity contribution is 7.99. The molecule has 0 radical (unpaired) electrons. The van der Waals surface area contributed by atoms with Crippen LogP contribution in [-0.2, 0) is 4.79 Å². The number of rotatable bonds is 6. The van der Waals surface area contributed by atoms with Crippen LogP contribution in [0.1, 0.15) is 25.7 Å². The first-order valence-corrected chi connectivity index (χ1v) is 7.80. The van der Waals surface area contributed by atoms with Gasteiger partial charge in [0, 0.05) is 17.7 Å². The van der Waals surface area contributed by atoms with Crippen LogP contribution >= 0.6 is 11.8 Å². The molecule has 1 aromatic carbocycles. The number of benzene rings is 1. The van der Waals surface area contributed by atoms with Crippen LogP contribution in [0.25, 0.3) is 0 Å². The van der Waals surface area contributed by atoms with E-state index in [0.29, 0.717) is 19.6 Å². The number of carbonyl (C=O) groups excluding carboxylic acids is 1. The molecule has 0 spiro atoms. The molecule has 5 nitrogen and oxygen atoms in total. The van der Waals surface area contributed by atoms with Gasteiger partial charge in [0.15, 0.2) is 11.5 Å². The van der Waals surface area contributed by atoms with Crippen LogP contribution in [0.4, 0.5) is 0 Å². The van der Waals surface area contributed by atoms with Crippen molar-refractivity contribution in [1.29, 1.82) is 0 Å². The monoisotopic (exact) mass is 296 g/mol. The molecule has 6 heteroatoms. The maximum Gasteiger partial charge on any atom is 0.233 e. The van der Waals surface area contributed by atoms with Gasteiger partial charge in [0.2, 0.25) is 5.91 Å². The lowest BCUT2D eigenvalue weighted by Crippen LogP contribution is -2.29. The Bertz CT molecular complexity index is 454. The Kier molecular flexibility index (Phi) is 6.01. The number of ether oxygens (including phenoxy) is 2. The van der Waals surface area contributed by atoms with Crippen molar-refractivity contribution in [2.45, 2.75) is 30.6 Å². The molecule has 0 bridgehead atoms. The van der Waals surface area contributed by atoms with Crippen LogP contribution in [0.3, 0.4) is 0 Å². The number of fused-ring (bicyclic) bond motifs is 1. The zero-order valence-electron chi connectivity index (χ0n) is 11.4. The van der Waals surface area contributed by atoms with Crippen molar-refractivity contribution < 1.29 is 14.3 Å². The van der Waals surface area contributed by atoms with Gasteiger partial charge in [-0.15, -0.1) is 11.8 Å². The summed E-state index contributed by atoms with van der Waals surface area (Å²) in [5, 5.41) is 0. The number of hydrogen-bond acceptors (Lipinski definition) is 5. The Labute approximate surface area is 123 Å². The summed E-state index contributed by atoms with van der Waals surface area (Å²) in [6, 6.07) is 6.04. The van der Waals surface area contributed by atoms with Gasteiger partial charge in [0.25, 0.3) is 0 Å². The molecule has 1 aromatic rings. The number of unbranched alkanes of at least 4 members (excludes halogenated alkanes) is 1. The zero-order valence-corrected chi connectivity index (χ0v) is 12.2. The van der Waals surface area contributed by atoms with Crippen molar-refractivity contribution >= 4 is 17.7 Å². The summed E-state index contributed by atoms with van der Waals surface area (Å²) < 4.78 is 11.3. The number of nitrogens with two attached hydrogens (primary N) is 1. The predicted molar refractivity (Wildman–Crippen MR) is 79.0 cm³/mol. The van der Waals surface area contributed by atoms with E-state index in [1.165, 1.54) is 0 Å². The van der Waals surface area contributed by atoms with E-state index in [1.807, 2.05) is 18.2 Å². The molecular weight excluding hydrogens is 276 g/mol. The predicted octanol–water partition coefficient (Wildman–Crippen LogP) is 2.10. The third-order valence-corrected chi connectivity index (χ3v) is 4.03. The Morgan fingerprint density at radius 3 is 2.85 bits per heavy atom. The van der Waals surface area contributed by atoms with E-state index in [2.05, 4.69) is 5.43 Å². The lowest BCUT2D eigenvalue weighted by molar-refractivity contribution is -0.121. The molecule has 0 fully saturated rings. The largest absolute Gasteiger partial charge is 0.490 e. The van der Waals surface area contributed by atoms with Gasteiger partial charge in [-0.3, -0.25) is 10.2 Å². The summed E-state index contributed by atoms with van der Waals surface area (Å²) >= 11 is 1.76. The number of nitrogens with one attached hydrogen (secondary N) is 1. The van der Waals surface area contributed by atoms with Gasteiger partial charge in [-0.05, 0) is 36.8 Å². The van der Waals surface area contributed by atoms with E-state index in [0.717, 1.165) is 41.4 Å². The lowest BCUT2D eigenvalue weighted by atomic mass is 10.2. The van der Waals surface area contributed by atoms with Crippen molar-refractivity contribution in [3.05, 3.63) is 18.2 Å². The minimum absolute atomic E-state index is 0.106. The molecule has 20 heavy (non-hydrogen) atoms. The SMILES string of the molecule is NNC(=O)CCCCSc1ccc2c(c1)OCCCO2. The van der Waals surface area contributed by atoms with Crippen LogP contribution in [0.15, 0.2) is 23.1 Å². The molecule has 0 saturated heterocycles. The third-order valence-electron chi connectivity index (χ3n) is 2.95. The molecule has 3 N–H and O–H groups in total. The van der Waals surface area contributed by atoms with Crippen LogP contribution in [0.2, 0.25) is 0 Å². The second-order valence-corrected chi connectivity index (χ2v) is 5.70. The van der Waals surface area contributed by atoms with Crippen LogP contribution < -0.4 is 20.7 Å². The van der Waals surface area contributed by atoms with Crippen molar-refractivity contribution in [2.24, 2.45) is 5.84 Å². The van der Waals surface area contributed by atoms with Gasteiger partial charge in [-0.25, -0.2) is 5.84 Å². The Morgan fingerprint density at radius 1 is 1.25 bits per heavy atom. The smallest absolute Gasteiger partial charge is 0.233 e. The number of amides is 1. The number of hydrogen-bond donors (Lipinski definition) is 2. The second-order valence-electron chi connectivity index (χ2n) is 4.53. The van der Waals surface area contributed by atoms with Gasteiger partial charge < -0.3 is 9.47 Å². The molecule has 0 saturated carbocycles. The lowest BCUT2D eigenvalue weighted by Gasteiger charge is -2.09. The van der Waals surface area contributed by atoms with E-state index < -0.39 is 0 Å². The average Bonchev–Trinajstić information content (AvgIpc) is 2.71. The van der Waals surface area contributed by atoms with E-state index in [1.54, 1.807) is 11.8 Å². The minimum atomic E-state index is -0.106. The minimum Gasteiger partial charge on any atom is -0.490 e. The Morgan fingerprint density at radius 2 is 2.05 bits per heavy atom. The van der Waals surface area contributed by atoms with Gasteiger partial charge in [0.05, 0.1) is 13.2 Å². The third kappa shape index (κ3) is 4.61. The maximum absolute atomic E-state index is 11.0. The fraction of sp³-hybridized carbons (Fsp3) is 0.500. The van der Waals surface area contributed by atoms with Gasteiger partial charge in [-0.1, -0.05) is 0 Å². The first-order chi connectivity index (χ1) is 9.79. The molecule has 0 unspecified atom stereocenters. The maximum atomic E-state index is 11.0. The molecule has 1 aliphatic rings. The quantitative estimate of drug-likeness (QED) is 0.276. The van der Waals surface area contributed by atoms with E-state index in [-0.39, 0.29) is 5.91 Å².